The molecule has 2 aromatic carbocycles. The molecule has 0 aliphatic heterocycles. The number of nitro benzene ring substituents is 1. The van der Waals surface area contributed by atoms with Crippen LogP contribution in [0, 0.1) is 10.1 Å². The van der Waals surface area contributed by atoms with Crippen LogP contribution in [-0.4, -0.2) is 12.0 Å². The molecule has 0 aromatic heterocycles. The van der Waals surface area contributed by atoms with E-state index in [1.807, 2.05) is 18.2 Å². The molecule has 0 N–H and O–H groups in total. The molecule has 0 saturated heterocycles. The van der Waals surface area contributed by atoms with Gasteiger partial charge in [0.05, 0.1) is 17.6 Å². The van der Waals surface area contributed by atoms with E-state index in [0.29, 0.717) is 16.3 Å². The maximum Gasteiger partial charge on any atom is 0.276 e. The molecule has 0 aliphatic rings. The van der Waals surface area contributed by atoms with Gasteiger partial charge in [0.15, 0.2) is 0 Å². The Morgan fingerprint density at radius 3 is 2.57 bits per heavy atom. The van der Waals surface area contributed by atoms with Crippen LogP contribution in [-0.2, 0) is 0 Å². The normalized spacial score (nSPS) is 10.8. The van der Waals surface area contributed by atoms with Gasteiger partial charge in [-0.25, -0.2) is 0 Å². The Bertz CT molecular complexity index is 716. The van der Waals surface area contributed by atoms with E-state index >= 15 is 0 Å². The van der Waals surface area contributed by atoms with E-state index in [0.717, 1.165) is 10.0 Å². The number of hydrogen-bond donors (Lipinski definition) is 0. The molecule has 4 nitrogen and oxygen atoms in total. The number of ether oxygens (including phenoxy) is 1. The molecule has 0 spiro atoms. The Labute approximate surface area is 135 Å². The van der Waals surface area contributed by atoms with Gasteiger partial charge in [0.25, 0.3) is 5.69 Å². The lowest BCUT2D eigenvalue weighted by Crippen LogP contribution is -1.91. The molecule has 0 bridgehead atoms. The summed E-state index contributed by atoms with van der Waals surface area (Å²) in [4.78, 5) is 10.6. The summed E-state index contributed by atoms with van der Waals surface area (Å²) >= 11 is 9.32. The monoisotopic (exact) mass is 367 g/mol. The maximum atomic E-state index is 11.0. The second-order valence-electron chi connectivity index (χ2n) is 4.18. The lowest BCUT2D eigenvalue weighted by Gasteiger charge is -2.03. The first-order valence-electron chi connectivity index (χ1n) is 5.97. The average molecular weight is 369 g/mol. The van der Waals surface area contributed by atoms with Gasteiger partial charge < -0.3 is 4.74 Å². The van der Waals surface area contributed by atoms with Gasteiger partial charge in [-0.2, -0.15) is 0 Å². The Balaban J connectivity index is 2.42. The number of benzene rings is 2. The molecule has 0 heterocycles. The van der Waals surface area contributed by atoms with Crippen LogP contribution >= 0.6 is 27.5 Å². The van der Waals surface area contributed by atoms with Crippen LogP contribution < -0.4 is 4.74 Å². The summed E-state index contributed by atoms with van der Waals surface area (Å²) in [6, 6.07) is 9.95. The molecule has 0 unspecified atom stereocenters. The van der Waals surface area contributed by atoms with Gasteiger partial charge in [-0.05, 0) is 42.0 Å². The van der Waals surface area contributed by atoms with E-state index in [4.69, 9.17) is 16.3 Å². The summed E-state index contributed by atoms with van der Waals surface area (Å²) in [5, 5.41) is 11.5. The largest absolute Gasteiger partial charge is 0.497 e. The number of hydrogen-bond acceptors (Lipinski definition) is 3. The van der Waals surface area contributed by atoms with Crippen molar-refractivity contribution in [3.05, 3.63) is 67.1 Å². The maximum absolute atomic E-state index is 11.0. The predicted molar refractivity (Wildman–Crippen MR) is 87.7 cm³/mol. The summed E-state index contributed by atoms with van der Waals surface area (Å²) < 4.78 is 6.02. The van der Waals surface area contributed by atoms with Crippen molar-refractivity contribution in [3.8, 4) is 5.75 Å². The van der Waals surface area contributed by atoms with Crippen molar-refractivity contribution >= 4 is 45.4 Å². The number of methoxy groups -OCH3 is 1. The first-order valence-corrected chi connectivity index (χ1v) is 7.14. The fourth-order valence-electron chi connectivity index (χ4n) is 1.78. The van der Waals surface area contributed by atoms with E-state index in [1.165, 1.54) is 12.1 Å². The summed E-state index contributed by atoms with van der Waals surface area (Å²) in [6.45, 7) is 0. The lowest BCUT2D eigenvalue weighted by atomic mass is 10.1. The van der Waals surface area contributed by atoms with Gasteiger partial charge in [0.2, 0.25) is 0 Å². The third-order valence-electron chi connectivity index (χ3n) is 2.83. The van der Waals surface area contributed by atoms with Gasteiger partial charge >= 0.3 is 0 Å². The molecular weight excluding hydrogens is 358 g/mol. The Hall–Kier alpha value is -1.85. The molecule has 6 heteroatoms. The predicted octanol–water partition coefficient (Wildman–Crippen LogP) is 5.19. The molecule has 2 rings (SSSR count). The first kappa shape index (κ1) is 15.5. The summed E-state index contributed by atoms with van der Waals surface area (Å²) in [5.41, 5.74) is 1.31. The quantitative estimate of drug-likeness (QED) is 0.424. The molecular formula is C15H11BrClNO3. The lowest BCUT2D eigenvalue weighted by molar-refractivity contribution is -0.385. The van der Waals surface area contributed by atoms with Crippen molar-refractivity contribution in [2.45, 2.75) is 0 Å². The SMILES string of the molecule is COc1ccc(Br)c(C=Cc2cc(Cl)ccc2[N+](=O)[O-])c1. The minimum absolute atomic E-state index is 0.00895. The van der Waals surface area contributed by atoms with Crippen molar-refractivity contribution in [2.24, 2.45) is 0 Å². The molecule has 0 saturated carbocycles. The van der Waals surface area contributed by atoms with Gasteiger partial charge in [0.1, 0.15) is 5.75 Å². The summed E-state index contributed by atoms with van der Waals surface area (Å²) in [5.74, 6) is 0.707. The number of halogens is 2. The van der Waals surface area contributed by atoms with Crippen molar-refractivity contribution in [3.63, 3.8) is 0 Å². The molecule has 0 atom stereocenters. The zero-order valence-corrected chi connectivity index (χ0v) is 13.4. The van der Waals surface area contributed by atoms with Crippen molar-refractivity contribution < 1.29 is 9.66 Å². The molecule has 0 aliphatic carbocycles. The van der Waals surface area contributed by atoms with E-state index in [2.05, 4.69) is 15.9 Å². The molecule has 0 radical (unpaired) electrons. The van der Waals surface area contributed by atoms with Crippen LogP contribution in [0.4, 0.5) is 5.69 Å². The summed E-state index contributed by atoms with van der Waals surface area (Å²) in [6.07, 6.45) is 3.43. The third-order valence-corrected chi connectivity index (χ3v) is 3.79. The topological polar surface area (TPSA) is 52.4 Å². The Morgan fingerprint density at radius 1 is 1.19 bits per heavy atom. The second-order valence-corrected chi connectivity index (χ2v) is 5.47. The number of nitrogens with zero attached hydrogens (tertiary/aromatic N) is 1. The average Bonchev–Trinajstić information content (AvgIpc) is 2.46. The Morgan fingerprint density at radius 2 is 1.90 bits per heavy atom. The van der Waals surface area contributed by atoms with Gasteiger partial charge in [0, 0.05) is 15.6 Å². The van der Waals surface area contributed by atoms with Crippen molar-refractivity contribution in [1.82, 2.24) is 0 Å². The van der Waals surface area contributed by atoms with Crippen LogP contribution in [0.2, 0.25) is 5.02 Å². The molecule has 21 heavy (non-hydrogen) atoms. The minimum Gasteiger partial charge on any atom is -0.497 e. The minimum atomic E-state index is -0.434. The van der Waals surface area contributed by atoms with E-state index in [9.17, 15) is 10.1 Å². The van der Waals surface area contributed by atoms with E-state index < -0.39 is 4.92 Å². The molecule has 108 valence electrons. The highest BCUT2D eigenvalue weighted by atomic mass is 79.9. The number of nitro groups is 1. The van der Waals surface area contributed by atoms with Crippen molar-refractivity contribution in [1.29, 1.82) is 0 Å². The third kappa shape index (κ3) is 3.83. The highest BCUT2D eigenvalue weighted by Crippen LogP contribution is 2.27. The fourth-order valence-corrected chi connectivity index (χ4v) is 2.34. The smallest absolute Gasteiger partial charge is 0.276 e. The van der Waals surface area contributed by atoms with Crippen LogP contribution in [0.1, 0.15) is 11.1 Å². The van der Waals surface area contributed by atoms with Gasteiger partial charge in [-0.15, -0.1) is 0 Å². The van der Waals surface area contributed by atoms with Crippen LogP contribution in [0.15, 0.2) is 40.9 Å². The van der Waals surface area contributed by atoms with E-state index in [-0.39, 0.29) is 5.69 Å². The van der Waals surface area contributed by atoms with Gasteiger partial charge in [-0.1, -0.05) is 33.6 Å². The first-order chi connectivity index (χ1) is 10.0. The highest BCUT2D eigenvalue weighted by Gasteiger charge is 2.11. The zero-order chi connectivity index (χ0) is 15.4. The zero-order valence-electron chi connectivity index (χ0n) is 11.0. The van der Waals surface area contributed by atoms with E-state index in [1.54, 1.807) is 25.3 Å². The van der Waals surface area contributed by atoms with Crippen LogP contribution in [0.3, 0.4) is 0 Å². The molecule has 0 fully saturated rings. The fraction of sp³-hybridized carbons (Fsp3) is 0.0667. The van der Waals surface area contributed by atoms with Crippen molar-refractivity contribution in [2.75, 3.05) is 7.11 Å². The standard InChI is InChI=1S/C15H11BrClNO3/c1-21-13-5-6-14(16)10(9-13)2-3-11-8-12(17)4-7-15(11)18(19)20/h2-9H,1H3. The van der Waals surface area contributed by atoms with Crippen LogP contribution in [0.5, 0.6) is 5.75 Å². The molecule has 2 aromatic rings. The number of rotatable bonds is 4. The highest BCUT2D eigenvalue weighted by molar-refractivity contribution is 9.10. The van der Waals surface area contributed by atoms with Crippen LogP contribution in [0.25, 0.3) is 12.2 Å². The summed E-state index contributed by atoms with van der Waals surface area (Å²) in [7, 11) is 1.58. The second kappa shape index (κ2) is 6.74. The molecule has 0 amide bonds. The Kier molecular flexibility index (Phi) is 4.98. The van der Waals surface area contributed by atoms with Gasteiger partial charge in [-0.3, -0.25) is 10.1 Å².